The van der Waals surface area contributed by atoms with E-state index in [-0.39, 0.29) is 29.5 Å². The van der Waals surface area contributed by atoms with Gasteiger partial charge in [0.25, 0.3) is 17.5 Å². The summed E-state index contributed by atoms with van der Waals surface area (Å²) in [4.78, 5) is 38.3. The molecule has 0 saturated heterocycles. The molecule has 4 rings (SSSR count). The van der Waals surface area contributed by atoms with Crippen molar-refractivity contribution in [3.8, 4) is 11.5 Å². The van der Waals surface area contributed by atoms with Crippen molar-refractivity contribution in [2.75, 3.05) is 11.4 Å². The van der Waals surface area contributed by atoms with E-state index in [4.69, 9.17) is 16.3 Å². The number of halogens is 1. The van der Waals surface area contributed by atoms with E-state index < -0.39 is 10.8 Å². The van der Waals surface area contributed by atoms with Crippen LogP contribution in [0, 0.1) is 10.1 Å². The first kappa shape index (κ1) is 22.3. The highest BCUT2D eigenvalue weighted by atomic mass is 35.5. The summed E-state index contributed by atoms with van der Waals surface area (Å²) in [5.41, 5.74) is 1.39. The lowest BCUT2D eigenvalue weighted by molar-refractivity contribution is -0.384. The van der Waals surface area contributed by atoms with Crippen LogP contribution in [0.4, 0.5) is 11.4 Å². The van der Waals surface area contributed by atoms with E-state index in [0.717, 1.165) is 12.0 Å². The van der Waals surface area contributed by atoms with Crippen LogP contribution >= 0.6 is 11.6 Å². The maximum atomic E-state index is 13.6. The molecule has 168 valence electrons. The number of hydrogen-bond acceptors (Lipinski definition) is 5. The zero-order chi connectivity index (χ0) is 23.5. The van der Waals surface area contributed by atoms with E-state index in [9.17, 15) is 19.7 Å². The molecule has 0 aromatic heterocycles. The highest BCUT2D eigenvalue weighted by molar-refractivity contribution is 6.30. The van der Waals surface area contributed by atoms with Gasteiger partial charge in [0, 0.05) is 29.3 Å². The fourth-order valence-electron chi connectivity index (χ4n) is 3.49. The van der Waals surface area contributed by atoms with Gasteiger partial charge in [0.2, 0.25) is 0 Å². The number of amides is 2. The Balaban J connectivity index is 1.82. The van der Waals surface area contributed by atoms with Crippen molar-refractivity contribution in [3.05, 3.63) is 92.5 Å². The number of hydrogen-bond donors (Lipinski definition) is 1. The van der Waals surface area contributed by atoms with Gasteiger partial charge in [-0.2, -0.15) is 0 Å². The van der Waals surface area contributed by atoms with E-state index in [1.54, 1.807) is 42.5 Å². The van der Waals surface area contributed by atoms with Crippen LogP contribution in [0.5, 0.6) is 11.5 Å². The minimum Gasteiger partial charge on any atom is -0.454 e. The molecule has 3 aromatic carbocycles. The van der Waals surface area contributed by atoms with Gasteiger partial charge in [-0.3, -0.25) is 19.7 Å². The van der Waals surface area contributed by atoms with Crippen LogP contribution < -0.4 is 15.0 Å². The first-order valence-electron chi connectivity index (χ1n) is 10.3. The number of carbonyl (C=O) groups excluding carboxylic acids is 2. The number of non-ortho nitro benzene ring substituents is 1. The van der Waals surface area contributed by atoms with Crippen molar-refractivity contribution in [1.29, 1.82) is 0 Å². The van der Waals surface area contributed by atoms with Gasteiger partial charge >= 0.3 is 0 Å². The molecule has 0 fully saturated rings. The minimum atomic E-state index is -0.564. The van der Waals surface area contributed by atoms with E-state index in [1.165, 1.54) is 23.1 Å². The summed E-state index contributed by atoms with van der Waals surface area (Å²) in [6, 6.07) is 15.7. The largest absolute Gasteiger partial charge is 0.454 e. The topological polar surface area (TPSA) is 102 Å². The van der Waals surface area contributed by atoms with Crippen molar-refractivity contribution in [1.82, 2.24) is 5.32 Å². The molecule has 2 amide bonds. The molecule has 0 unspecified atom stereocenters. The molecule has 1 heterocycles. The number of nitrogens with one attached hydrogen (secondary N) is 1. The van der Waals surface area contributed by atoms with Crippen molar-refractivity contribution >= 4 is 34.8 Å². The molecule has 0 aliphatic carbocycles. The lowest BCUT2D eigenvalue weighted by Crippen LogP contribution is -2.30. The Hall–Kier alpha value is -3.91. The number of rotatable bonds is 6. The van der Waals surface area contributed by atoms with Crippen LogP contribution in [0.3, 0.4) is 0 Å². The fraction of sp³-hybridized carbons (Fsp3) is 0.167. The number of nitro groups is 1. The van der Waals surface area contributed by atoms with E-state index in [0.29, 0.717) is 28.6 Å². The molecule has 0 spiro atoms. The second kappa shape index (κ2) is 9.30. The third-order valence-corrected chi connectivity index (χ3v) is 5.42. The Morgan fingerprint density at radius 2 is 1.82 bits per heavy atom. The average Bonchev–Trinajstić information content (AvgIpc) is 2.92. The average molecular weight is 466 g/mol. The van der Waals surface area contributed by atoms with Gasteiger partial charge in [-0.1, -0.05) is 30.7 Å². The highest BCUT2D eigenvalue weighted by Crippen LogP contribution is 2.41. The molecule has 9 heteroatoms. The third kappa shape index (κ3) is 4.65. The summed E-state index contributed by atoms with van der Waals surface area (Å²) < 4.78 is 5.97. The van der Waals surface area contributed by atoms with Gasteiger partial charge in [-0.15, -0.1) is 0 Å². The van der Waals surface area contributed by atoms with Crippen molar-refractivity contribution in [2.45, 2.75) is 19.9 Å². The molecule has 0 saturated carbocycles. The van der Waals surface area contributed by atoms with Gasteiger partial charge in [0.15, 0.2) is 5.75 Å². The molecule has 0 radical (unpaired) electrons. The summed E-state index contributed by atoms with van der Waals surface area (Å²) in [7, 11) is 0. The van der Waals surface area contributed by atoms with Gasteiger partial charge in [-0.05, 0) is 48.4 Å². The smallest absolute Gasteiger partial charge is 0.270 e. The lowest BCUT2D eigenvalue weighted by atomic mass is 10.1. The molecule has 1 aliphatic rings. The highest BCUT2D eigenvalue weighted by Gasteiger charge is 2.30. The van der Waals surface area contributed by atoms with E-state index in [1.807, 2.05) is 6.92 Å². The van der Waals surface area contributed by atoms with Crippen LogP contribution in [-0.2, 0) is 6.54 Å². The normalized spacial score (nSPS) is 12.3. The Bertz CT molecular complexity index is 1240. The summed E-state index contributed by atoms with van der Waals surface area (Å²) in [5, 5.41) is 14.7. The number of nitrogens with zero attached hydrogens (tertiary/aromatic N) is 2. The van der Waals surface area contributed by atoms with Gasteiger partial charge in [-0.25, -0.2) is 0 Å². The number of anilines is 1. The number of nitro benzene ring substituents is 1. The van der Waals surface area contributed by atoms with Gasteiger partial charge in [0.1, 0.15) is 5.75 Å². The fourth-order valence-corrected chi connectivity index (χ4v) is 3.61. The van der Waals surface area contributed by atoms with Crippen molar-refractivity contribution in [3.63, 3.8) is 0 Å². The second-order valence-corrected chi connectivity index (χ2v) is 7.93. The van der Waals surface area contributed by atoms with Crippen LogP contribution in [0.15, 0.2) is 60.7 Å². The van der Waals surface area contributed by atoms with Crippen LogP contribution in [0.2, 0.25) is 5.02 Å². The number of carbonyl (C=O) groups is 2. The number of fused-ring (bicyclic) bond motifs is 2. The summed E-state index contributed by atoms with van der Waals surface area (Å²) in [5.74, 6) is -0.185. The molecular weight excluding hydrogens is 446 g/mol. The van der Waals surface area contributed by atoms with Crippen molar-refractivity contribution in [2.24, 2.45) is 0 Å². The monoisotopic (exact) mass is 465 g/mol. The zero-order valence-electron chi connectivity index (χ0n) is 17.7. The standard InChI is InChI=1S/C24H20ClN3O5/c1-2-11-26-23(29)16-5-9-22-20(12-16)27(14-15-3-6-17(25)7-4-15)24(30)19-13-18(28(31)32)8-10-21(19)33-22/h3-10,12-13H,2,11,14H2,1H3,(H,26,29). The Morgan fingerprint density at radius 1 is 1.09 bits per heavy atom. The number of ether oxygens (including phenoxy) is 1. The van der Waals surface area contributed by atoms with Gasteiger partial charge < -0.3 is 15.0 Å². The lowest BCUT2D eigenvalue weighted by Gasteiger charge is -2.23. The molecule has 1 N–H and O–H groups in total. The number of benzene rings is 3. The van der Waals surface area contributed by atoms with Crippen molar-refractivity contribution < 1.29 is 19.2 Å². The summed E-state index contributed by atoms with van der Waals surface area (Å²) in [6.45, 7) is 2.62. The minimum absolute atomic E-state index is 0.0614. The first-order chi connectivity index (χ1) is 15.9. The van der Waals surface area contributed by atoms with Gasteiger partial charge in [0.05, 0.1) is 22.7 Å². The second-order valence-electron chi connectivity index (χ2n) is 7.50. The van der Waals surface area contributed by atoms with E-state index >= 15 is 0 Å². The van der Waals surface area contributed by atoms with Crippen LogP contribution in [0.25, 0.3) is 0 Å². The SMILES string of the molecule is CCCNC(=O)c1ccc2c(c1)N(Cc1ccc(Cl)cc1)C(=O)c1cc([N+](=O)[O-])ccc1O2. The molecule has 0 atom stereocenters. The quantitative estimate of drug-likeness (QED) is 0.391. The Morgan fingerprint density at radius 3 is 2.52 bits per heavy atom. The van der Waals surface area contributed by atoms with Crippen LogP contribution in [0.1, 0.15) is 39.6 Å². The predicted molar refractivity (Wildman–Crippen MR) is 124 cm³/mol. The molecule has 0 bridgehead atoms. The summed E-state index contributed by atoms with van der Waals surface area (Å²) >= 11 is 5.99. The molecule has 1 aliphatic heterocycles. The Labute approximate surface area is 194 Å². The predicted octanol–water partition coefficient (Wildman–Crippen LogP) is 5.34. The van der Waals surface area contributed by atoms with E-state index in [2.05, 4.69) is 5.32 Å². The Kier molecular flexibility index (Phi) is 6.28. The molecule has 33 heavy (non-hydrogen) atoms. The molecule has 8 nitrogen and oxygen atoms in total. The molecular formula is C24H20ClN3O5. The van der Waals surface area contributed by atoms with Crippen LogP contribution in [-0.4, -0.2) is 23.3 Å². The maximum absolute atomic E-state index is 13.6. The third-order valence-electron chi connectivity index (χ3n) is 5.17. The maximum Gasteiger partial charge on any atom is 0.270 e. The zero-order valence-corrected chi connectivity index (χ0v) is 18.5. The molecule has 3 aromatic rings. The first-order valence-corrected chi connectivity index (χ1v) is 10.7. The summed E-state index contributed by atoms with van der Waals surface area (Å²) in [6.07, 6.45) is 0.787.